The summed E-state index contributed by atoms with van der Waals surface area (Å²) in [5.74, 6) is 2.22. The minimum Gasteiger partial charge on any atom is -0.385 e. The van der Waals surface area contributed by atoms with Crippen LogP contribution in [0.15, 0.2) is 6.20 Å². The first-order valence-corrected chi connectivity index (χ1v) is 7.59. The molecule has 0 aliphatic heterocycles. The van der Waals surface area contributed by atoms with Crippen molar-refractivity contribution >= 4 is 28.2 Å². The van der Waals surface area contributed by atoms with Crippen LogP contribution in [0.2, 0.25) is 0 Å². The molecular formula is C11H20N2OS2. The molecule has 1 rings (SSSR count). The second kappa shape index (κ2) is 8.84. The maximum Gasteiger partial charge on any atom is 0.182 e. The highest BCUT2D eigenvalue weighted by molar-refractivity contribution is 7.98. The van der Waals surface area contributed by atoms with Crippen LogP contribution in [0.5, 0.6) is 0 Å². The summed E-state index contributed by atoms with van der Waals surface area (Å²) >= 11 is 3.71. The Balaban J connectivity index is 2.14. The molecule has 0 saturated carbocycles. The molecule has 0 atom stereocenters. The predicted octanol–water partition coefficient (Wildman–Crippen LogP) is 3.23. The van der Waals surface area contributed by atoms with Gasteiger partial charge >= 0.3 is 0 Å². The number of ether oxygens (including phenoxy) is 1. The van der Waals surface area contributed by atoms with Gasteiger partial charge in [-0.25, -0.2) is 4.98 Å². The van der Waals surface area contributed by atoms with Crippen molar-refractivity contribution in [2.75, 3.05) is 31.3 Å². The van der Waals surface area contributed by atoms with Gasteiger partial charge in [-0.05, 0) is 18.6 Å². The van der Waals surface area contributed by atoms with E-state index in [1.54, 1.807) is 18.4 Å². The molecular weight excluding hydrogens is 240 g/mol. The van der Waals surface area contributed by atoms with Crippen LogP contribution in [-0.4, -0.2) is 31.0 Å². The molecule has 3 nitrogen and oxygen atoms in total. The monoisotopic (exact) mass is 260 g/mol. The first kappa shape index (κ1) is 13.8. The zero-order chi connectivity index (χ0) is 11.6. The van der Waals surface area contributed by atoms with E-state index in [4.69, 9.17) is 4.74 Å². The van der Waals surface area contributed by atoms with E-state index in [2.05, 4.69) is 17.2 Å². The van der Waals surface area contributed by atoms with Gasteiger partial charge in [0.15, 0.2) is 5.13 Å². The highest BCUT2D eigenvalue weighted by Crippen LogP contribution is 2.22. The molecule has 1 aromatic heterocycles. The number of rotatable bonds is 9. The van der Waals surface area contributed by atoms with Gasteiger partial charge in [-0.1, -0.05) is 6.92 Å². The van der Waals surface area contributed by atoms with Crippen LogP contribution in [0.3, 0.4) is 0 Å². The number of hydrogen-bond donors (Lipinski definition) is 1. The minimum atomic E-state index is 0.860. The third-order valence-corrected chi connectivity index (χ3v) is 4.19. The van der Waals surface area contributed by atoms with Gasteiger partial charge < -0.3 is 10.1 Å². The van der Waals surface area contributed by atoms with Crippen molar-refractivity contribution in [3.05, 3.63) is 11.1 Å². The molecule has 1 N–H and O–H groups in total. The van der Waals surface area contributed by atoms with Gasteiger partial charge in [-0.3, -0.25) is 0 Å². The molecule has 0 bridgehead atoms. The average Bonchev–Trinajstić information content (AvgIpc) is 2.74. The van der Waals surface area contributed by atoms with Gasteiger partial charge in [-0.15, -0.1) is 11.3 Å². The minimum absolute atomic E-state index is 0.860. The second-order valence-electron chi connectivity index (χ2n) is 3.46. The number of nitrogens with zero attached hydrogens (tertiary/aromatic N) is 1. The number of anilines is 1. The van der Waals surface area contributed by atoms with Crippen LogP contribution in [0.25, 0.3) is 0 Å². The van der Waals surface area contributed by atoms with E-state index in [0.29, 0.717) is 0 Å². The zero-order valence-corrected chi connectivity index (χ0v) is 11.6. The number of methoxy groups -OCH3 is 1. The highest BCUT2D eigenvalue weighted by atomic mass is 32.2. The number of hydrogen-bond acceptors (Lipinski definition) is 5. The standard InChI is InChI=1S/C11H20N2OS2/c1-3-5-12-11-13-8-10(16-11)9-15-7-4-6-14-2/h8H,3-7,9H2,1-2H3,(H,12,13). The molecule has 0 unspecified atom stereocenters. The molecule has 0 spiro atoms. The molecule has 0 aliphatic carbocycles. The van der Waals surface area contributed by atoms with Crippen molar-refractivity contribution in [1.29, 1.82) is 0 Å². The van der Waals surface area contributed by atoms with E-state index in [1.165, 1.54) is 4.88 Å². The van der Waals surface area contributed by atoms with Crippen molar-refractivity contribution in [2.24, 2.45) is 0 Å². The van der Waals surface area contributed by atoms with Gasteiger partial charge in [0.2, 0.25) is 0 Å². The van der Waals surface area contributed by atoms with E-state index in [0.717, 1.165) is 42.6 Å². The third-order valence-electron chi connectivity index (χ3n) is 1.96. The maximum absolute atomic E-state index is 5.01. The van der Waals surface area contributed by atoms with Crippen LogP contribution in [0.4, 0.5) is 5.13 Å². The fraction of sp³-hybridized carbons (Fsp3) is 0.727. The van der Waals surface area contributed by atoms with Gasteiger partial charge in [0, 0.05) is 37.1 Å². The first-order valence-electron chi connectivity index (χ1n) is 5.62. The van der Waals surface area contributed by atoms with E-state index in [-0.39, 0.29) is 0 Å². The summed E-state index contributed by atoms with van der Waals surface area (Å²) < 4.78 is 5.01. The van der Waals surface area contributed by atoms with Crippen LogP contribution >= 0.6 is 23.1 Å². The molecule has 0 radical (unpaired) electrons. The molecule has 0 fully saturated rings. The molecule has 5 heteroatoms. The van der Waals surface area contributed by atoms with E-state index < -0.39 is 0 Å². The quantitative estimate of drug-likeness (QED) is 0.691. The van der Waals surface area contributed by atoms with E-state index in [9.17, 15) is 0 Å². The molecule has 0 aromatic carbocycles. The van der Waals surface area contributed by atoms with Crippen molar-refractivity contribution in [3.63, 3.8) is 0 Å². The van der Waals surface area contributed by atoms with Crippen LogP contribution < -0.4 is 5.32 Å². The van der Waals surface area contributed by atoms with Gasteiger partial charge in [0.05, 0.1) is 0 Å². The summed E-state index contributed by atoms with van der Waals surface area (Å²) in [6.07, 6.45) is 4.24. The molecule has 1 aromatic rings. The normalized spacial score (nSPS) is 10.6. The van der Waals surface area contributed by atoms with Crippen molar-refractivity contribution < 1.29 is 4.74 Å². The summed E-state index contributed by atoms with van der Waals surface area (Å²) in [4.78, 5) is 5.69. The summed E-state index contributed by atoms with van der Waals surface area (Å²) in [6.45, 7) is 4.03. The van der Waals surface area contributed by atoms with Gasteiger partial charge in [0.1, 0.15) is 0 Å². The fourth-order valence-electron chi connectivity index (χ4n) is 1.17. The van der Waals surface area contributed by atoms with Crippen LogP contribution in [0, 0.1) is 0 Å². The Hall–Kier alpha value is -0.260. The molecule has 92 valence electrons. The lowest BCUT2D eigenvalue weighted by molar-refractivity contribution is 0.200. The van der Waals surface area contributed by atoms with E-state index in [1.807, 2.05) is 18.0 Å². The number of aromatic nitrogens is 1. The number of thiazole rings is 1. The first-order chi connectivity index (χ1) is 7.86. The Morgan fingerprint density at radius 2 is 2.44 bits per heavy atom. The Labute approximate surface area is 106 Å². The van der Waals surface area contributed by atoms with Crippen molar-refractivity contribution in [3.8, 4) is 0 Å². The molecule has 1 heterocycles. The zero-order valence-electron chi connectivity index (χ0n) is 9.99. The van der Waals surface area contributed by atoms with Crippen molar-refractivity contribution in [2.45, 2.75) is 25.5 Å². The summed E-state index contributed by atoms with van der Waals surface area (Å²) in [5, 5.41) is 4.35. The largest absolute Gasteiger partial charge is 0.385 e. The Bertz CT molecular complexity index is 279. The highest BCUT2D eigenvalue weighted by Gasteiger charge is 2.00. The Kier molecular flexibility index (Phi) is 7.63. The lowest BCUT2D eigenvalue weighted by Crippen LogP contribution is -1.97. The lowest BCUT2D eigenvalue weighted by atomic mass is 10.5. The Morgan fingerprint density at radius 1 is 1.56 bits per heavy atom. The lowest BCUT2D eigenvalue weighted by Gasteiger charge is -1.99. The number of nitrogens with one attached hydrogen (secondary N) is 1. The summed E-state index contributed by atoms with van der Waals surface area (Å²) in [7, 11) is 1.75. The second-order valence-corrected chi connectivity index (χ2v) is 5.68. The smallest absolute Gasteiger partial charge is 0.182 e. The van der Waals surface area contributed by atoms with Crippen LogP contribution in [-0.2, 0) is 10.5 Å². The fourth-order valence-corrected chi connectivity index (χ4v) is 3.03. The Morgan fingerprint density at radius 3 is 3.19 bits per heavy atom. The SMILES string of the molecule is CCCNc1ncc(CSCCCOC)s1. The van der Waals surface area contributed by atoms with E-state index >= 15 is 0 Å². The molecule has 0 amide bonds. The number of thioether (sulfide) groups is 1. The van der Waals surface area contributed by atoms with Crippen LogP contribution in [0.1, 0.15) is 24.6 Å². The summed E-state index contributed by atoms with van der Waals surface area (Å²) in [6, 6.07) is 0. The van der Waals surface area contributed by atoms with Crippen molar-refractivity contribution in [1.82, 2.24) is 4.98 Å². The molecule has 0 saturated heterocycles. The average molecular weight is 260 g/mol. The topological polar surface area (TPSA) is 34.2 Å². The molecule has 16 heavy (non-hydrogen) atoms. The predicted molar refractivity (Wildman–Crippen MR) is 73.5 cm³/mol. The third kappa shape index (κ3) is 5.72. The van der Waals surface area contributed by atoms with Gasteiger partial charge in [0.25, 0.3) is 0 Å². The van der Waals surface area contributed by atoms with Gasteiger partial charge in [-0.2, -0.15) is 11.8 Å². The maximum atomic E-state index is 5.01. The molecule has 0 aliphatic rings. The summed E-state index contributed by atoms with van der Waals surface area (Å²) in [5.41, 5.74) is 0.